The molecule has 160 valence electrons. The summed E-state index contributed by atoms with van der Waals surface area (Å²) in [5.41, 5.74) is 3.52. The highest BCUT2D eigenvalue weighted by Crippen LogP contribution is 2.48. The van der Waals surface area contributed by atoms with Crippen LogP contribution in [0.15, 0.2) is 54.6 Å². The van der Waals surface area contributed by atoms with Crippen molar-refractivity contribution in [3.63, 3.8) is 0 Å². The van der Waals surface area contributed by atoms with Crippen LogP contribution in [0.5, 0.6) is 5.75 Å². The van der Waals surface area contributed by atoms with E-state index in [4.69, 9.17) is 23.2 Å². The number of rotatable bonds is 4. The highest BCUT2D eigenvalue weighted by Gasteiger charge is 2.36. The van der Waals surface area contributed by atoms with E-state index in [0.29, 0.717) is 38.5 Å². The van der Waals surface area contributed by atoms with E-state index in [1.54, 1.807) is 30.3 Å². The summed E-state index contributed by atoms with van der Waals surface area (Å²) in [5, 5.41) is 20.3. The van der Waals surface area contributed by atoms with Gasteiger partial charge in [0.15, 0.2) is 0 Å². The summed E-state index contributed by atoms with van der Waals surface area (Å²) in [7, 11) is 0. The lowest BCUT2D eigenvalue weighted by molar-refractivity contribution is -0.112. The van der Waals surface area contributed by atoms with Crippen molar-refractivity contribution in [2.45, 2.75) is 18.8 Å². The monoisotopic (exact) mass is 465 g/mol. The number of hydrogen-bond donors (Lipinski definition) is 2. The molecule has 5 nitrogen and oxygen atoms in total. The van der Waals surface area contributed by atoms with Gasteiger partial charge in [0.2, 0.25) is 0 Å². The minimum absolute atomic E-state index is 0.243. The Bertz CT molecular complexity index is 1330. The molecular formula is C25H17Cl2NO4. The van der Waals surface area contributed by atoms with E-state index in [9.17, 15) is 19.8 Å². The molecular weight excluding hydrogens is 449 g/mol. The first kappa shape index (κ1) is 20.6. The molecule has 3 aromatic rings. The Hall–Kier alpha value is -3.28. The number of aromatic hydroxyl groups is 1. The third kappa shape index (κ3) is 3.34. The smallest absolute Gasteiger partial charge is 0.339 e. The minimum Gasteiger partial charge on any atom is -0.507 e. The molecule has 2 aliphatic rings. The number of fused-ring (bicyclic) bond motifs is 1. The van der Waals surface area contributed by atoms with Gasteiger partial charge in [-0.05, 0) is 66.3 Å². The minimum atomic E-state index is -1.25. The van der Waals surface area contributed by atoms with Gasteiger partial charge in [-0.1, -0.05) is 41.4 Å². The van der Waals surface area contributed by atoms with Crippen LogP contribution in [-0.4, -0.2) is 22.1 Å². The summed E-state index contributed by atoms with van der Waals surface area (Å²) in [6.45, 7) is 0. The number of aromatic carboxylic acids is 1. The van der Waals surface area contributed by atoms with Crippen LogP contribution in [-0.2, 0) is 4.79 Å². The summed E-state index contributed by atoms with van der Waals surface area (Å²) in [4.78, 5) is 26.3. The van der Waals surface area contributed by atoms with Crippen LogP contribution < -0.4 is 4.90 Å². The molecule has 1 amide bonds. The number of hydrogen-bond acceptors (Lipinski definition) is 3. The molecule has 0 bridgehead atoms. The topological polar surface area (TPSA) is 77.8 Å². The maximum Gasteiger partial charge on any atom is 0.339 e. The Morgan fingerprint density at radius 3 is 2.44 bits per heavy atom. The Balaban J connectivity index is 1.68. The molecule has 7 heteroatoms. The third-order valence-corrected chi connectivity index (χ3v) is 6.44. The van der Waals surface area contributed by atoms with Gasteiger partial charge in [-0.25, -0.2) is 4.79 Å². The summed E-state index contributed by atoms with van der Waals surface area (Å²) in [6.07, 6.45) is 3.96. The zero-order valence-electron chi connectivity index (χ0n) is 16.7. The van der Waals surface area contributed by atoms with E-state index in [-0.39, 0.29) is 11.5 Å². The number of halogens is 2. The van der Waals surface area contributed by atoms with Crippen molar-refractivity contribution < 1.29 is 19.8 Å². The van der Waals surface area contributed by atoms with Gasteiger partial charge in [-0.3, -0.25) is 9.69 Å². The molecule has 2 N–H and O–H groups in total. The number of carbonyl (C=O) groups is 2. The first-order valence-electron chi connectivity index (χ1n) is 10.1. The molecule has 1 aliphatic heterocycles. The van der Waals surface area contributed by atoms with Crippen molar-refractivity contribution in [2.75, 3.05) is 4.90 Å². The van der Waals surface area contributed by atoms with Crippen LogP contribution in [0.2, 0.25) is 10.0 Å². The lowest BCUT2D eigenvalue weighted by atomic mass is 9.98. The summed E-state index contributed by atoms with van der Waals surface area (Å²) in [6, 6.07) is 15.0. The van der Waals surface area contributed by atoms with E-state index < -0.39 is 11.7 Å². The van der Waals surface area contributed by atoms with E-state index in [2.05, 4.69) is 0 Å². The van der Waals surface area contributed by atoms with Crippen molar-refractivity contribution >= 4 is 58.1 Å². The van der Waals surface area contributed by atoms with Gasteiger partial charge < -0.3 is 10.2 Å². The first-order valence-corrected chi connectivity index (χ1v) is 10.8. The maximum atomic E-state index is 13.6. The summed E-state index contributed by atoms with van der Waals surface area (Å²) >= 11 is 13.0. The average Bonchev–Trinajstić information content (AvgIpc) is 3.54. The number of phenols is 1. The van der Waals surface area contributed by atoms with Crippen LogP contribution >= 0.6 is 23.2 Å². The van der Waals surface area contributed by atoms with Gasteiger partial charge in [0, 0.05) is 16.7 Å². The molecule has 0 aromatic heterocycles. The van der Waals surface area contributed by atoms with Gasteiger partial charge in [-0.15, -0.1) is 0 Å². The molecule has 3 aromatic carbocycles. The second-order valence-corrected chi connectivity index (χ2v) is 8.67. The molecule has 5 rings (SSSR count). The van der Waals surface area contributed by atoms with Crippen molar-refractivity contribution in [3.8, 4) is 5.75 Å². The number of benzene rings is 3. The van der Waals surface area contributed by atoms with Crippen molar-refractivity contribution in [1.82, 2.24) is 0 Å². The molecule has 0 saturated heterocycles. The fourth-order valence-corrected chi connectivity index (χ4v) is 4.64. The van der Waals surface area contributed by atoms with E-state index >= 15 is 0 Å². The standard InChI is InChI=1S/C25H17Cl2NO4/c26-19-4-1-3-15(13-7-8-13)17(19)12-18-23-20(27)5-2-6-21(23)28(24(18)30)14-9-10-16(25(31)32)22(29)11-14/h1-6,9-13,29H,7-8H2,(H,31,32)/b18-12-. The van der Waals surface area contributed by atoms with E-state index in [1.165, 1.54) is 23.1 Å². The van der Waals surface area contributed by atoms with Gasteiger partial charge >= 0.3 is 5.97 Å². The van der Waals surface area contributed by atoms with Gasteiger partial charge in [0.05, 0.1) is 22.0 Å². The zero-order valence-corrected chi connectivity index (χ0v) is 18.2. The van der Waals surface area contributed by atoms with E-state index in [1.807, 2.05) is 12.1 Å². The molecule has 0 unspecified atom stereocenters. The molecule has 0 atom stereocenters. The Kier molecular flexibility index (Phi) is 4.96. The van der Waals surface area contributed by atoms with Crippen LogP contribution in [0, 0.1) is 0 Å². The SMILES string of the molecule is O=C(O)c1ccc(N2C(=O)/C(=C\c3c(Cl)cccc3C3CC3)c3c(Cl)cccc32)cc1O. The fourth-order valence-electron chi connectivity index (χ4n) is 4.13. The van der Waals surface area contributed by atoms with Crippen LogP contribution in [0.25, 0.3) is 11.6 Å². The number of carbonyl (C=O) groups excluding carboxylic acids is 1. The molecule has 1 fully saturated rings. The van der Waals surface area contributed by atoms with Crippen LogP contribution in [0.4, 0.5) is 11.4 Å². The van der Waals surface area contributed by atoms with Crippen LogP contribution in [0.1, 0.15) is 45.8 Å². The zero-order chi connectivity index (χ0) is 22.6. The lowest BCUT2D eigenvalue weighted by Crippen LogP contribution is -2.20. The largest absolute Gasteiger partial charge is 0.507 e. The Morgan fingerprint density at radius 2 is 1.75 bits per heavy atom. The predicted octanol–water partition coefficient (Wildman–Crippen LogP) is 6.49. The number of carboxylic acids is 1. The number of nitrogens with zero attached hydrogens (tertiary/aromatic N) is 1. The van der Waals surface area contributed by atoms with E-state index in [0.717, 1.165) is 24.0 Å². The maximum absolute atomic E-state index is 13.6. The molecule has 32 heavy (non-hydrogen) atoms. The Labute approximate surface area is 194 Å². The number of carboxylic acid groups (broad SMARTS) is 1. The van der Waals surface area contributed by atoms with Crippen molar-refractivity contribution in [1.29, 1.82) is 0 Å². The van der Waals surface area contributed by atoms with Crippen molar-refractivity contribution in [2.24, 2.45) is 0 Å². The Morgan fingerprint density at radius 1 is 1.03 bits per heavy atom. The third-order valence-electron chi connectivity index (χ3n) is 5.80. The highest BCUT2D eigenvalue weighted by molar-refractivity contribution is 6.44. The fraction of sp³-hybridized carbons (Fsp3) is 0.120. The number of amides is 1. The molecule has 0 radical (unpaired) electrons. The second kappa shape index (κ2) is 7.69. The first-order chi connectivity index (χ1) is 15.4. The average molecular weight is 466 g/mol. The molecule has 1 aliphatic carbocycles. The van der Waals surface area contributed by atoms with Crippen LogP contribution in [0.3, 0.4) is 0 Å². The van der Waals surface area contributed by atoms with Gasteiger partial charge in [0.25, 0.3) is 5.91 Å². The normalized spacial score (nSPS) is 16.5. The second-order valence-electron chi connectivity index (χ2n) is 7.86. The summed E-state index contributed by atoms with van der Waals surface area (Å²) in [5.74, 6) is -1.58. The van der Waals surface area contributed by atoms with Crippen molar-refractivity contribution in [3.05, 3.63) is 86.9 Å². The number of anilines is 2. The van der Waals surface area contributed by atoms with Gasteiger partial charge in [-0.2, -0.15) is 0 Å². The molecule has 1 heterocycles. The van der Waals surface area contributed by atoms with Gasteiger partial charge in [0.1, 0.15) is 11.3 Å². The predicted molar refractivity (Wildman–Crippen MR) is 125 cm³/mol. The molecule has 1 saturated carbocycles. The summed E-state index contributed by atoms with van der Waals surface area (Å²) < 4.78 is 0. The quantitative estimate of drug-likeness (QED) is 0.431. The highest BCUT2D eigenvalue weighted by atomic mass is 35.5. The molecule has 0 spiro atoms. The lowest BCUT2D eigenvalue weighted by Gasteiger charge is -2.18.